The number of nitrogens with one attached hydrogen (secondary N) is 2. The minimum Gasteiger partial charge on any atom is -0.497 e. The fourth-order valence-corrected chi connectivity index (χ4v) is 5.69. The summed E-state index contributed by atoms with van der Waals surface area (Å²) in [6, 6.07) is 21.4. The Bertz CT molecular complexity index is 1420. The van der Waals surface area contributed by atoms with E-state index >= 15 is 0 Å². The summed E-state index contributed by atoms with van der Waals surface area (Å²) < 4.78 is 18.1. The molecule has 0 saturated heterocycles. The van der Waals surface area contributed by atoms with Crippen LogP contribution in [0.15, 0.2) is 72.8 Å². The van der Waals surface area contributed by atoms with Crippen molar-refractivity contribution < 1.29 is 28.9 Å². The molecule has 0 unspecified atom stereocenters. The number of hydrogen-bond donors (Lipinski definition) is 3. The number of rotatable bonds is 9. The number of carbonyl (C=O) groups is 2. The largest absolute Gasteiger partial charge is 0.497 e. The number of ether oxygens (including phenoxy) is 3. The number of nitrogens with zero attached hydrogens (tertiary/aromatic N) is 2. The summed E-state index contributed by atoms with van der Waals surface area (Å²) in [5, 5.41) is 15.9. The molecule has 3 N–H and O–H groups in total. The van der Waals surface area contributed by atoms with Gasteiger partial charge >= 0.3 is 6.03 Å². The summed E-state index contributed by atoms with van der Waals surface area (Å²) in [7, 11) is 3.73. The van der Waals surface area contributed by atoms with Gasteiger partial charge in [0.2, 0.25) is 0 Å². The van der Waals surface area contributed by atoms with Gasteiger partial charge in [0, 0.05) is 43.5 Å². The van der Waals surface area contributed by atoms with Gasteiger partial charge in [-0.1, -0.05) is 37.3 Å². The van der Waals surface area contributed by atoms with Gasteiger partial charge in [0.05, 0.1) is 37.5 Å². The lowest BCUT2D eigenvalue weighted by molar-refractivity contribution is -0.0177. The van der Waals surface area contributed by atoms with E-state index < -0.39 is 12.1 Å². The average Bonchev–Trinajstić information content (AvgIpc) is 3.06. The molecule has 3 aromatic carbocycles. The lowest BCUT2D eigenvalue weighted by Gasteiger charge is -2.36. The van der Waals surface area contributed by atoms with E-state index in [0.717, 1.165) is 31.6 Å². The number of amides is 3. The lowest BCUT2D eigenvalue weighted by atomic mass is 10.0. The summed E-state index contributed by atoms with van der Waals surface area (Å²) in [5.74, 6) is 0.941. The Kier molecular flexibility index (Phi) is 13.5. The SMILES string of the molecule is COc1ccc(CN(C)C[C@H]2OCCCC[C@H](C)Oc3ccc(NC(=O)Nc4ccccc4)cc3C(=O)N([C@H](C)CO)C[C@H]2C)cc1. The van der Waals surface area contributed by atoms with Gasteiger partial charge in [0.15, 0.2) is 0 Å². The molecule has 3 amide bonds. The van der Waals surface area contributed by atoms with E-state index in [0.29, 0.717) is 42.4 Å². The normalized spacial score (nSPS) is 20.0. The molecule has 0 bridgehead atoms. The van der Waals surface area contributed by atoms with Crippen LogP contribution in [0.1, 0.15) is 56.0 Å². The van der Waals surface area contributed by atoms with Crippen LogP contribution in [-0.4, -0.2) is 85.6 Å². The van der Waals surface area contributed by atoms with Gasteiger partial charge < -0.3 is 34.9 Å². The molecule has 0 fully saturated rings. The number of methoxy groups -OCH3 is 1. The lowest BCUT2D eigenvalue weighted by Crippen LogP contribution is -2.47. The second-order valence-corrected chi connectivity index (χ2v) is 12.5. The summed E-state index contributed by atoms with van der Waals surface area (Å²) in [6.07, 6.45) is 2.32. The van der Waals surface area contributed by atoms with Crippen molar-refractivity contribution in [3.63, 3.8) is 0 Å². The van der Waals surface area contributed by atoms with Gasteiger partial charge in [-0.15, -0.1) is 0 Å². The van der Waals surface area contributed by atoms with Gasteiger partial charge in [0.1, 0.15) is 11.5 Å². The second-order valence-electron chi connectivity index (χ2n) is 12.5. The predicted octanol–water partition coefficient (Wildman–Crippen LogP) is 6.27. The zero-order valence-corrected chi connectivity index (χ0v) is 28.3. The molecular weight excluding hydrogens is 596 g/mol. The van der Waals surface area contributed by atoms with E-state index in [9.17, 15) is 14.7 Å². The van der Waals surface area contributed by atoms with Crippen molar-refractivity contribution in [3.8, 4) is 11.5 Å². The van der Waals surface area contributed by atoms with Crippen LogP contribution in [0.25, 0.3) is 0 Å². The molecule has 0 spiro atoms. The first-order chi connectivity index (χ1) is 22.7. The first-order valence-electron chi connectivity index (χ1n) is 16.5. The zero-order chi connectivity index (χ0) is 33.8. The minimum absolute atomic E-state index is 0.0459. The van der Waals surface area contributed by atoms with Gasteiger partial charge in [-0.25, -0.2) is 4.79 Å². The molecular formula is C37H50N4O6. The number of benzene rings is 3. The number of aliphatic hydroxyl groups is 1. The van der Waals surface area contributed by atoms with Crippen LogP contribution >= 0.6 is 0 Å². The highest BCUT2D eigenvalue weighted by Crippen LogP contribution is 2.29. The fraction of sp³-hybridized carbons (Fsp3) is 0.459. The fourth-order valence-electron chi connectivity index (χ4n) is 5.69. The van der Waals surface area contributed by atoms with E-state index in [2.05, 4.69) is 41.6 Å². The maximum atomic E-state index is 14.4. The first kappa shape index (κ1) is 35.7. The summed E-state index contributed by atoms with van der Waals surface area (Å²) in [5.41, 5.74) is 2.60. The molecule has 1 aliphatic rings. The number of urea groups is 1. The molecule has 254 valence electrons. The molecule has 0 aromatic heterocycles. The Balaban J connectivity index is 1.57. The van der Waals surface area contributed by atoms with Crippen LogP contribution in [0.4, 0.5) is 16.2 Å². The molecule has 4 atom stereocenters. The standard InChI is InChI=1S/C37H50N4O6/c1-26-22-41(27(2)25-42)36(43)33-21-31(39-37(44)38-30-12-7-6-8-13-30)16-19-34(33)47-28(3)11-9-10-20-46-35(26)24-40(4)23-29-14-17-32(45-5)18-15-29/h6-8,12-19,21,26-28,35,42H,9-11,20,22-25H2,1-5H3,(H2,38,39,44)/t26-,27-,28+,35-/m1/s1. The van der Waals surface area contributed by atoms with E-state index in [4.69, 9.17) is 14.2 Å². The Morgan fingerprint density at radius 1 is 1.04 bits per heavy atom. The summed E-state index contributed by atoms with van der Waals surface area (Å²) in [4.78, 5) is 31.1. The molecule has 1 aliphatic heterocycles. The third kappa shape index (κ3) is 10.7. The molecule has 0 aliphatic carbocycles. The van der Waals surface area contributed by atoms with Crippen molar-refractivity contribution in [2.45, 2.75) is 64.8 Å². The number of aliphatic hydroxyl groups excluding tert-OH is 1. The number of fused-ring (bicyclic) bond motifs is 1. The van der Waals surface area contributed by atoms with Crippen LogP contribution in [0, 0.1) is 5.92 Å². The van der Waals surface area contributed by atoms with Crippen molar-refractivity contribution in [2.24, 2.45) is 5.92 Å². The summed E-state index contributed by atoms with van der Waals surface area (Å²) in [6.45, 7) is 8.09. The zero-order valence-electron chi connectivity index (χ0n) is 28.3. The van der Waals surface area contributed by atoms with Gasteiger partial charge in [-0.2, -0.15) is 0 Å². The van der Waals surface area contributed by atoms with Gasteiger partial charge in [-0.05, 0) is 88.2 Å². The van der Waals surface area contributed by atoms with E-state index in [1.807, 2.05) is 44.2 Å². The van der Waals surface area contributed by atoms with Crippen LogP contribution in [-0.2, 0) is 11.3 Å². The van der Waals surface area contributed by atoms with Crippen LogP contribution in [0.2, 0.25) is 0 Å². The predicted molar refractivity (Wildman–Crippen MR) is 185 cm³/mol. The molecule has 47 heavy (non-hydrogen) atoms. The monoisotopic (exact) mass is 646 g/mol. The Labute approximate surface area is 279 Å². The third-order valence-electron chi connectivity index (χ3n) is 8.44. The molecule has 10 heteroatoms. The highest BCUT2D eigenvalue weighted by atomic mass is 16.5. The molecule has 4 rings (SSSR count). The highest BCUT2D eigenvalue weighted by Gasteiger charge is 2.30. The minimum atomic E-state index is -0.459. The third-order valence-corrected chi connectivity index (χ3v) is 8.44. The van der Waals surface area contributed by atoms with Crippen molar-refractivity contribution in [1.82, 2.24) is 9.80 Å². The molecule has 0 radical (unpaired) electrons. The molecule has 1 heterocycles. The van der Waals surface area contributed by atoms with E-state index in [1.165, 1.54) is 5.56 Å². The summed E-state index contributed by atoms with van der Waals surface area (Å²) >= 11 is 0. The average molecular weight is 647 g/mol. The van der Waals surface area contributed by atoms with E-state index in [-0.39, 0.29) is 30.6 Å². The first-order valence-corrected chi connectivity index (χ1v) is 16.5. The molecule has 10 nitrogen and oxygen atoms in total. The number of carbonyl (C=O) groups excluding carboxylic acids is 2. The van der Waals surface area contributed by atoms with Gasteiger partial charge in [0.25, 0.3) is 5.91 Å². The Morgan fingerprint density at radius 2 is 1.77 bits per heavy atom. The second kappa shape index (κ2) is 17.7. The van der Waals surface area contributed by atoms with Crippen molar-refractivity contribution in [1.29, 1.82) is 0 Å². The van der Waals surface area contributed by atoms with Gasteiger partial charge in [-0.3, -0.25) is 9.69 Å². The van der Waals surface area contributed by atoms with Crippen LogP contribution < -0.4 is 20.1 Å². The molecule has 3 aromatic rings. The number of para-hydroxylation sites is 1. The Hall–Kier alpha value is -4.12. The van der Waals surface area contributed by atoms with Crippen molar-refractivity contribution >= 4 is 23.3 Å². The smallest absolute Gasteiger partial charge is 0.323 e. The topological polar surface area (TPSA) is 113 Å². The number of anilines is 2. The Morgan fingerprint density at radius 3 is 2.47 bits per heavy atom. The maximum absolute atomic E-state index is 14.4. The quantitative estimate of drug-likeness (QED) is 0.251. The van der Waals surface area contributed by atoms with Crippen molar-refractivity contribution in [2.75, 3.05) is 51.1 Å². The highest BCUT2D eigenvalue weighted by molar-refractivity contribution is 6.02. The number of hydrogen-bond acceptors (Lipinski definition) is 7. The maximum Gasteiger partial charge on any atom is 0.323 e. The van der Waals surface area contributed by atoms with E-state index in [1.54, 1.807) is 42.3 Å². The number of likely N-dealkylation sites (N-methyl/N-ethyl adjacent to an activating group) is 1. The van der Waals surface area contributed by atoms with Crippen molar-refractivity contribution in [3.05, 3.63) is 83.9 Å². The van der Waals surface area contributed by atoms with Crippen LogP contribution in [0.3, 0.4) is 0 Å². The molecule has 0 saturated carbocycles. The van der Waals surface area contributed by atoms with Crippen LogP contribution in [0.5, 0.6) is 11.5 Å².